The SMILES string of the molecule is O=C(O)C1CCCN1C(Cc1ccccn1)c1ccccn1. The molecule has 5 nitrogen and oxygen atoms in total. The Kier molecular flexibility index (Phi) is 4.44. The molecule has 0 amide bonds. The Hall–Kier alpha value is -2.27. The molecular weight excluding hydrogens is 278 g/mol. The van der Waals surface area contributed by atoms with E-state index in [-0.39, 0.29) is 6.04 Å². The second kappa shape index (κ2) is 6.66. The highest BCUT2D eigenvalue weighted by Gasteiger charge is 2.36. The number of carboxylic acid groups (broad SMARTS) is 1. The molecule has 114 valence electrons. The van der Waals surface area contributed by atoms with Gasteiger partial charge in [0.15, 0.2) is 0 Å². The van der Waals surface area contributed by atoms with Crippen LogP contribution in [0.25, 0.3) is 0 Å². The molecule has 1 aliphatic rings. The molecule has 5 heteroatoms. The molecular formula is C17H19N3O2. The highest BCUT2D eigenvalue weighted by Crippen LogP contribution is 2.31. The molecule has 0 spiro atoms. The zero-order valence-electron chi connectivity index (χ0n) is 12.3. The molecule has 2 aromatic heterocycles. The fourth-order valence-electron chi connectivity index (χ4n) is 3.11. The highest BCUT2D eigenvalue weighted by molar-refractivity contribution is 5.73. The van der Waals surface area contributed by atoms with Gasteiger partial charge in [-0.25, -0.2) is 0 Å². The number of likely N-dealkylation sites (tertiary alicyclic amines) is 1. The largest absolute Gasteiger partial charge is 0.480 e. The summed E-state index contributed by atoms with van der Waals surface area (Å²) in [5.41, 5.74) is 1.86. The fraction of sp³-hybridized carbons (Fsp3) is 0.353. The minimum Gasteiger partial charge on any atom is -0.480 e. The van der Waals surface area contributed by atoms with E-state index in [1.165, 1.54) is 0 Å². The van der Waals surface area contributed by atoms with Crippen LogP contribution < -0.4 is 0 Å². The molecule has 0 aliphatic carbocycles. The lowest BCUT2D eigenvalue weighted by Gasteiger charge is -2.30. The third-order valence-corrected chi connectivity index (χ3v) is 4.14. The van der Waals surface area contributed by atoms with Crippen LogP contribution in [-0.2, 0) is 11.2 Å². The van der Waals surface area contributed by atoms with Crippen LogP contribution >= 0.6 is 0 Å². The van der Waals surface area contributed by atoms with E-state index in [0.717, 1.165) is 24.4 Å². The standard InChI is InChI=1S/C17H19N3O2/c21-17(22)15-8-5-11-20(15)16(14-7-2-4-10-19-14)12-13-6-1-3-9-18-13/h1-4,6-7,9-10,15-16H,5,8,11-12H2,(H,21,22). The predicted molar refractivity (Wildman–Crippen MR) is 82.3 cm³/mol. The number of pyridine rings is 2. The number of hydrogen-bond donors (Lipinski definition) is 1. The van der Waals surface area contributed by atoms with E-state index in [4.69, 9.17) is 0 Å². The van der Waals surface area contributed by atoms with Crippen molar-refractivity contribution in [2.24, 2.45) is 0 Å². The molecule has 2 unspecified atom stereocenters. The smallest absolute Gasteiger partial charge is 0.320 e. The van der Waals surface area contributed by atoms with Gasteiger partial charge >= 0.3 is 5.97 Å². The van der Waals surface area contributed by atoms with Crippen LogP contribution in [0.2, 0.25) is 0 Å². The summed E-state index contributed by atoms with van der Waals surface area (Å²) >= 11 is 0. The Morgan fingerprint density at radius 2 is 2.00 bits per heavy atom. The van der Waals surface area contributed by atoms with E-state index in [1.54, 1.807) is 12.4 Å². The van der Waals surface area contributed by atoms with Crippen molar-refractivity contribution in [1.82, 2.24) is 14.9 Å². The van der Waals surface area contributed by atoms with Gasteiger partial charge in [0, 0.05) is 24.5 Å². The van der Waals surface area contributed by atoms with E-state index >= 15 is 0 Å². The average molecular weight is 297 g/mol. The Balaban J connectivity index is 1.91. The summed E-state index contributed by atoms with van der Waals surface area (Å²) < 4.78 is 0. The molecule has 0 bridgehead atoms. The highest BCUT2D eigenvalue weighted by atomic mass is 16.4. The molecule has 2 atom stereocenters. The minimum absolute atomic E-state index is 0.0558. The molecule has 0 radical (unpaired) electrons. The van der Waals surface area contributed by atoms with Gasteiger partial charge in [0.1, 0.15) is 6.04 Å². The van der Waals surface area contributed by atoms with Gasteiger partial charge in [-0.05, 0) is 43.7 Å². The molecule has 1 fully saturated rings. The Morgan fingerprint density at radius 1 is 1.23 bits per heavy atom. The number of carbonyl (C=O) groups is 1. The third kappa shape index (κ3) is 3.14. The second-order valence-corrected chi connectivity index (χ2v) is 5.53. The van der Waals surface area contributed by atoms with Gasteiger partial charge in [-0.3, -0.25) is 19.7 Å². The summed E-state index contributed by atoms with van der Waals surface area (Å²) in [5, 5.41) is 9.47. The lowest BCUT2D eigenvalue weighted by molar-refractivity contribution is -0.143. The molecule has 1 N–H and O–H groups in total. The van der Waals surface area contributed by atoms with Crippen molar-refractivity contribution in [3.8, 4) is 0 Å². The van der Waals surface area contributed by atoms with E-state index in [1.807, 2.05) is 36.4 Å². The van der Waals surface area contributed by atoms with Crippen LogP contribution in [0.15, 0.2) is 48.8 Å². The number of hydrogen-bond acceptors (Lipinski definition) is 4. The summed E-state index contributed by atoms with van der Waals surface area (Å²) in [5.74, 6) is -0.751. The van der Waals surface area contributed by atoms with Gasteiger partial charge in [-0.15, -0.1) is 0 Å². The second-order valence-electron chi connectivity index (χ2n) is 5.53. The molecule has 0 saturated carbocycles. The first kappa shape index (κ1) is 14.7. The van der Waals surface area contributed by atoms with E-state index in [9.17, 15) is 9.90 Å². The van der Waals surface area contributed by atoms with Crippen LogP contribution in [0.5, 0.6) is 0 Å². The van der Waals surface area contributed by atoms with Crippen molar-refractivity contribution >= 4 is 5.97 Å². The monoisotopic (exact) mass is 297 g/mol. The summed E-state index contributed by atoms with van der Waals surface area (Å²) in [6.07, 6.45) is 5.79. The van der Waals surface area contributed by atoms with Gasteiger partial charge < -0.3 is 5.11 Å². The van der Waals surface area contributed by atoms with E-state index < -0.39 is 12.0 Å². The van der Waals surface area contributed by atoms with Crippen molar-refractivity contribution in [2.75, 3.05) is 6.54 Å². The van der Waals surface area contributed by atoms with Crippen LogP contribution in [0.1, 0.15) is 30.3 Å². The first-order chi connectivity index (χ1) is 10.8. The topological polar surface area (TPSA) is 66.3 Å². The Labute approximate surface area is 129 Å². The van der Waals surface area contributed by atoms with Gasteiger partial charge in [0.2, 0.25) is 0 Å². The summed E-state index contributed by atoms with van der Waals surface area (Å²) in [7, 11) is 0. The van der Waals surface area contributed by atoms with Crippen LogP contribution in [0.4, 0.5) is 0 Å². The van der Waals surface area contributed by atoms with Crippen molar-refractivity contribution in [1.29, 1.82) is 0 Å². The molecule has 3 rings (SSSR count). The number of aliphatic carboxylic acids is 1. The zero-order chi connectivity index (χ0) is 15.4. The predicted octanol–water partition coefficient (Wildman–Crippen LogP) is 2.31. The first-order valence-corrected chi connectivity index (χ1v) is 7.55. The number of rotatable bonds is 5. The molecule has 3 heterocycles. The molecule has 1 aliphatic heterocycles. The summed E-state index contributed by atoms with van der Waals surface area (Å²) in [6.45, 7) is 0.783. The Bertz CT molecular complexity index is 618. The average Bonchev–Trinajstić information content (AvgIpc) is 3.04. The van der Waals surface area contributed by atoms with Gasteiger partial charge in [-0.1, -0.05) is 12.1 Å². The maximum Gasteiger partial charge on any atom is 0.320 e. The van der Waals surface area contributed by atoms with Crippen LogP contribution in [0.3, 0.4) is 0 Å². The maximum atomic E-state index is 11.5. The van der Waals surface area contributed by atoms with Gasteiger partial charge in [0.05, 0.1) is 11.7 Å². The van der Waals surface area contributed by atoms with Gasteiger partial charge in [0.25, 0.3) is 0 Å². The number of aromatic nitrogens is 2. The van der Waals surface area contributed by atoms with Crippen LogP contribution in [0, 0.1) is 0 Å². The number of nitrogens with zero attached hydrogens (tertiary/aromatic N) is 3. The quantitative estimate of drug-likeness (QED) is 0.917. The molecule has 1 saturated heterocycles. The molecule has 0 aromatic carbocycles. The molecule has 2 aromatic rings. The van der Waals surface area contributed by atoms with Gasteiger partial charge in [-0.2, -0.15) is 0 Å². The Morgan fingerprint density at radius 3 is 2.64 bits per heavy atom. The minimum atomic E-state index is -0.751. The summed E-state index contributed by atoms with van der Waals surface area (Å²) in [6, 6.07) is 11.1. The normalized spacial score (nSPS) is 19.9. The van der Waals surface area contributed by atoms with Crippen LogP contribution in [-0.4, -0.2) is 38.5 Å². The zero-order valence-corrected chi connectivity index (χ0v) is 12.3. The molecule has 22 heavy (non-hydrogen) atoms. The van der Waals surface area contributed by atoms with Crippen molar-refractivity contribution in [2.45, 2.75) is 31.3 Å². The van der Waals surface area contributed by atoms with Crippen molar-refractivity contribution < 1.29 is 9.90 Å². The maximum absolute atomic E-state index is 11.5. The summed E-state index contributed by atoms with van der Waals surface area (Å²) in [4.78, 5) is 22.4. The lowest BCUT2D eigenvalue weighted by atomic mass is 10.0. The fourth-order valence-corrected chi connectivity index (χ4v) is 3.11. The van der Waals surface area contributed by atoms with Crippen molar-refractivity contribution in [3.05, 3.63) is 60.2 Å². The van der Waals surface area contributed by atoms with Crippen molar-refractivity contribution in [3.63, 3.8) is 0 Å². The number of carboxylic acids is 1. The lowest BCUT2D eigenvalue weighted by Crippen LogP contribution is -2.40. The van der Waals surface area contributed by atoms with E-state index in [2.05, 4.69) is 14.9 Å². The van der Waals surface area contributed by atoms with E-state index in [0.29, 0.717) is 12.8 Å². The third-order valence-electron chi connectivity index (χ3n) is 4.14. The first-order valence-electron chi connectivity index (χ1n) is 7.55.